The molecule has 0 saturated carbocycles. The van der Waals surface area contributed by atoms with Crippen LogP contribution in [0.5, 0.6) is 0 Å². The molecule has 1 heterocycles. The highest BCUT2D eigenvalue weighted by atomic mass is 127. The van der Waals surface area contributed by atoms with Crippen LogP contribution in [-0.4, -0.2) is 50.3 Å². The first-order chi connectivity index (χ1) is 13.3. The van der Waals surface area contributed by atoms with Crippen molar-refractivity contribution in [1.29, 1.82) is 0 Å². The van der Waals surface area contributed by atoms with Gasteiger partial charge in [-0.15, -0.1) is 24.0 Å². The Bertz CT molecular complexity index is 678. The van der Waals surface area contributed by atoms with E-state index >= 15 is 0 Å². The summed E-state index contributed by atoms with van der Waals surface area (Å²) in [5.41, 5.74) is 0.707. The third kappa shape index (κ3) is 7.96. The van der Waals surface area contributed by atoms with E-state index in [1.165, 1.54) is 6.07 Å². The normalized spacial score (nSPS) is 19.8. The van der Waals surface area contributed by atoms with Gasteiger partial charge in [0.2, 0.25) is 0 Å². The molecule has 0 bridgehead atoms. The lowest BCUT2D eigenvalue weighted by Crippen LogP contribution is -2.48. The van der Waals surface area contributed by atoms with E-state index in [-0.39, 0.29) is 46.1 Å². The molecule has 1 aliphatic heterocycles. The zero-order valence-corrected chi connectivity index (χ0v) is 20.1. The fourth-order valence-electron chi connectivity index (χ4n) is 3.62. The van der Waals surface area contributed by atoms with Crippen molar-refractivity contribution >= 4 is 41.3 Å². The number of nitro groups is 1. The van der Waals surface area contributed by atoms with Gasteiger partial charge in [0.1, 0.15) is 5.69 Å². The number of para-hydroxylation sites is 2. The Kier molecular flexibility index (Phi) is 10.7. The Hall–Kier alpha value is -1.62. The Morgan fingerprint density at radius 3 is 2.66 bits per heavy atom. The summed E-state index contributed by atoms with van der Waals surface area (Å²) >= 11 is 0. The molecule has 2 rings (SSSR count). The van der Waals surface area contributed by atoms with E-state index in [2.05, 4.69) is 41.7 Å². The number of anilines is 1. The number of nitro benzene ring substituents is 1. The number of benzene rings is 1. The van der Waals surface area contributed by atoms with E-state index in [9.17, 15) is 10.1 Å². The average molecular weight is 519 g/mol. The Morgan fingerprint density at radius 2 is 2.00 bits per heavy atom. The maximum Gasteiger partial charge on any atom is 0.292 e. The van der Waals surface area contributed by atoms with Crippen molar-refractivity contribution in [3.63, 3.8) is 0 Å². The van der Waals surface area contributed by atoms with Crippen LogP contribution in [0, 0.1) is 21.4 Å². The molecule has 1 saturated heterocycles. The van der Waals surface area contributed by atoms with Gasteiger partial charge in [-0.3, -0.25) is 15.1 Å². The highest BCUT2D eigenvalue weighted by molar-refractivity contribution is 14.0. The van der Waals surface area contributed by atoms with Crippen LogP contribution >= 0.6 is 24.0 Å². The molecule has 0 aliphatic carbocycles. The van der Waals surface area contributed by atoms with Gasteiger partial charge in [-0.2, -0.15) is 0 Å². The zero-order valence-electron chi connectivity index (χ0n) is 17.7. The van der Waals surface area contributed by atoms with Crippen LogP contribution in [0.1, 0.15) is 33.6 Å². The van der Waals surface area contributed by atoms with E-state index in [0.29, 0.717) is 24.7 Å². The van der Waals surface area contributed by atoms with Crippen molar-refractivity contribution in [3.05, 3.63) is 34.4 Å². The maximum absolute atomic E-state index is 11.1. The summed E-state index contributed by atoms with van der Waals surface area (Å²) in [7, 11) is 1.74. The maximum atomic E-state index is 11.1. The summed E-state index contributed by atoms with van der Waals surface area (Å²) in [6.07, 6.45) is 2.46. The van der Waals surface area contributed by atoms with Crippen LogP contribution in [0.15, 0.2) is 29.3 Å². The third-order valence-corrected chi connectivity index (χ3v) is 4.89. The number of hydrogen-bond donors (Lipinski definition) is 3. The number of rotatable bonds is 7. The van der Waals surface area contributed by atoms with Crippen molar-refractivity contribution in [1.82, 2.24) is 10.6 Å². The summed E-state index contributed by atoms with van der Waals surface area (Å²) in [6, 6.07) is 6.64. The lowest BCUT2D eigenvalue weighted by atomic mass is 9.78. The van der Waals surface area contributed by atoms with Gasteiger partial charge in [-0.1, -0.05) is 32.9 Å². The Morgan fingerprint density at radius 1 is 1.28 bits per heavy atom. The largest absolute Gasteiger partial charge is 0.378 e. The Labute approximate surface area is 190 Å². The number of nitrogens with one attached hydrogen (secondary N) is 3. The fourth-order valence-corrected chi connectivity index (χ4v) is 3.62. The van der Waals surface area contributed by atoms with Gasteiger partial charge in [-0.25, -0.2) is 0 Å². The third-order valence-electron chi connectivity index (χ3n) is 4.89. The van der Waals surface area contributed by atoms with Gasteiger partial charge in [-0.05, 0) is 24.3 Å². The summed E-state index contributed by atoms with van der Waals surface area (Å²) < 4.78 is 6.03. The second-order valence-corrected chi connectivity index (χ2v) is 8.14. The van der Waals surface area contributed by atoms with Crippen molar-refractivity contribution < 1.29 is 9.66 Å². The molecule has 164 valence electrons. The van der Waals surface area contributed by atoms with E-state index < -0.39 is 0 Å². The molecule has 8 nitrogen and oxygen atoms in total. The second kappa shape index (κ2) is 12.2. The van der Waals surface area contributed by atoms with Gasteiger partial charge in [0.05, 0.1) is 11.0 Å². The minimum atomic E-state index is -0.381. The number of halogens is 1. The molecule has 2 atom stereocenters. The molecular weight excluding hydrogens is 485 g/mol. The fraction of sp³-hybridized carbons (Fsp3) is 0.650. The minimum absolute atomic E-state index is 0. The second-order valence-electron chi connectivity index (χ2n) is 8.14. The van der Waals surface area contributed by atoms with Crippen molar-refractivity contribution in [2.45, 2.75) is 39.7 Å². The summed E-state index contributed by atoms with van der Waals surface area (Å²) in [5.74, 6) is 1.17. The van der Waals surface area contributed by atoms with Gasteiger partial charge >= 0.3 is 0 Å². The smallest absolute Gasteiger partial charge is 0.292 e. The summed E-state index contributed by atoms with van der Waals surface area (Å²) in [4.78, 5) is 14.9. The van der Waals surface area contributed by atoms with Crippen molar-refractivity contribution in [3.8, 4) is 0 Å². The van der Waals surface area contributed by atoms with Crippen molar-refractivity contribution in [2.75, 3.05) is 38.6 Å². The first-order valence-electron chi connectivity index (χ1n) is 9.86. The molecule has 0 spiro atoms. The number of ether oxygens (including phenoxy) is 1. The molecule has 1 aliphatic rings. The molecule has 1 aromatic rings. The molecule has 9 heteroatoms. The van der Waals surface area contributed by atoms with Gasteiger partial charge in [0.15, 0.2) is 5.96 Å². The zero-order chi connectivity index (χ0) is 20.6. The van der Waals surface area contributed by atoms with Gasteiger partial charge in [0, 0.05) is 45.3 Å². The predicted molar refractivity (Wildman–Crippen MR) is 128 cm³/mol. The topological polar surface area (TPSA) is 101 Å². The van der Waals surface area contributed by atoms with Gasteiger partial charge in [0.25, 0.3) is 5.69 Å². The highest BCUT2D eigenvalue weighted by Crippen LogP contribution is 2.33. The lowest BCUT2D eigenvalue weighted by molar-refractivity contribution is -0.384. The van der Waals surface area contributed by atoms with Crippen LogP contribution in [0.3, 0.4) is 0 Å². The molecular formula is C20H34IN5O3. The average Bonchev–Trinajstić information content (AvgIpc) is 2.67. The van der Waals surface area contributed by atoms with Crippen molar-refractivity contribution in [2.24, 2.45) is 16.3 Å². The van der Waals surface area contributed by atoms with Crippen LogP contribution < -0.4 is 16.0 Å². The van der Waals surface area contributed by atoms with Crippen LogP contribution in [0.4, 0.5) is 11.4 Å². The molecule has 2 unspecified atom stereocenters. The number of hydrogen-bond acceptors (Lipinski definition) is 5. The first-order valence-corrected chi connectivity index (χ1v) is 9.86. The predicted octanol–water partition coefficient (Wildman–Crippen LogP) is 3.63. The summed E-state index contributed by atoms with van der Waals surface area (Å²) in [6.45, 7) is 9.44. The monoisotopic (exact) mass is 519 g/mol. The van der Waals surface area contributed by atoms with E-state index in [4.69, 9.17) is 4.74 Å². The molecule has 1 fully saturated rings. The van der Waals surface area contributed by atoms with Crippen LogP contribution in [0.25, 0.3) is 0 Å². The minimum Gasteiger partial charge on any atom is -0.378 e. The number of guanidine groups is 1. The first kappa shape index (κ1) is 25.4. The molecule has 0 amide bonds. The molecule has 3 N–H and O–H groups in total. The lowest BCUT2D eigenvalue weighted by Gasteiger charge is -2.40. The van der Waals surface area contributed by atoms with Crippen LogP contribution in [0.2, 0.25) is 0 Å². The number of aliphatic imine (C=N–C) groups is 1. The standard InChI is InChI=1S/C20H33N5O3.HI/c1-20(2,3)18-15(8-7-13-28-18)14-24-19(21-4)23-12-11-22-16-9-5-6-10-17(16)25(26)27;/h5-6,9-10,15,18,22H,7-8,11-14H2,1-4H3,(H2,21,23,24);1H. The van der Waals surface area contributed by atoms with E-state index in [0.717, 1.165) is 32.0 Å². The molecule has 0 radical (unpaired) electrons. The highest BCUT2D eigenvalue weighted by Gasteiger charge is 2.35. The quantitative estimate of drug-likeness (QED) is 0.127. The number of nitrogens with zero attached hydrogens (tertiary/aromatic N) is 2. The van der Waals surface area contributed by atoms with E-state index in [1.54, 1.807) is 25.2 Å². The summed E-state index contributed by atoms with van der Waals surface area (Å²) in [5, 5.41) is 20.8. The van der Waals surface area contributed by atoms with Gasteiger partial charge < -0.3 is 20.7 Å². The van der Waals surface area contributed by atoms with E-state index in [1.807, 2.05) is 0 Å². The SMILES string of the molecule is CN=C(NCCNc1ccccc1[N+](=O)[O-])NCC1CCCOC1C(C)(C)C.I. The Balaban J connectivity index is 0.00000420. The molecule has 29 heavy (non-hydrogen) atoms. The van der Waals surface area contributed by atoms with Crippen LogP contribution in [-0.2, 0) is 4.74 Å². The molecule has 0 aromatic heterocycles. The molecule has 1 aromatic carbocycles.